The number of unbranched alkanes of at least 4 members (excludes halogenated alkanes) is 2. The number of phenols is 1. The summed E-state index contributed by atoms with van der Waals surface area (Å²) in [5.74, 6) is -5.61. The van der Waals surface area contributed by atoms with Crippen molar-refractivity contribution >= 4 is 52.1 Å². The van der Waals surface area contributed by atoms with E-state index in [-0.39, 0.29) is 54.0 Å². The van der Waals surface area contributed by atoms with E-state index >= 15 is 4.39 Å². The van der Waals surface area contributed by atoms with Gasteiger partial charge in [-0.1, -0.05) is 62.8 Å². The monoisotopic (exact) mass is 1290 g/mol. The van der Waals surface area contributed by atoms with E-state index in [0.717, 1.165) is 73.7 Å². The Morgan fingerprint density at radius 2 is 1.40 bits per heavy atom. The molecular weight excluding hydrogens is 1200 g/mol. The summed E-state index contributed by atoms with van der Waals surface area (Å²) in [5.41, 5.74) is 0.0638. The van der Waals surface area contributed by atoms with Crippen molar-refractivity contribution in [3.05, 3.63) is 107 Å². The highest BCUT2D eigenvalue weighted by atomic mass is 19.1. The van der Waals surface area contributed by atoms with Gasteiger partial charge in [-0.2, -0.15) is 0 Å². The molecule has 0 saturated carbocycles. The van der Waals surface area contributed by atoms with Gasteiger partial charge in [-0.3, -0.25) is 33.6 Å². The van der Waals surface area contributed by atoms with E-state index in [2.05, 4.69) is 38.4 Å². The average Bonchev–Trinajstić information content (AvgIpc) is 1.67. The summed E-state index contributed by atoms with van der Waals surface area (Å²) in [6.07, 6.45) is -12.2. The van der Waals surface area contributed by atoms with Crippen molar-refractivity contribution in [2.75, 3.05) is 46.9 Å². The summed E-state index contributed by atoms with van der Waals surface area (Å²) in [6.45, 7) is 5.64. The first-order valence-electron chi connectivity index (χ1n) is 30.9. The number of amides is 7. The summed E-state index contributed by atoms with van der Waals surface area (Å²) in [4.78, 5) is 105. The zero-order chi connectivity index (χ0) is 67.0. The summed E-state index contributed by atoms with van der Waals surface area (Å²) < 4.78 is 42.2. The Morgan fingerprint density at radius 3 is 2.07 bits per heavy atom. The van der Waals surface area contributed by atoms with E-state index in [1.54, 1.807) is 24.3 Å². The smallest absolute Gasteiger partial charge is 0.251 e. The number of halogens is 2. The number of aromatic hydroxyl groups is 1. The van der Waals surface area contributed by atoms with Crippen LogP contribution in [0.1, 0.15) is 106 Å². The molecule has 4 aromatic carbocycles. The van der Waals surface area contributed by atoms with Crippen molar-refractivity contribution < 1.29 is 97.2 Å². The van der Waals surface area contributed by atoms with Crippen molar-refractivity contribution in [2.24, 2.45) is 5.92 Å². The number of nitrogens with zero attached hydrogens (tertiary/aromatic N) is 3. The van der Waals surface area contributed by atoms with E-state index in [1.807, 2.05) is 21.0 Å². The molecule has 0 unspecified atom stereocenters. The Morgan fingerprint density at radius 1 is 0.750 bits per heavy atom. The Kier molecular flexibility index (Phi) is 23.0. The third-order valence-electron chi connectivity index (χ3n) is 17.6. The molecule has 16 atom stereocenters. The number of hydrogen-bond donors (Lipinski definition) is 13. The highest BCUT2D eigenvalue weighted by Gasteiger charge is 2.51. The number of hydrogen-bond acceptors (Lipinski definition) is 17. The van der Waals surface area contributed by atoms with Crippen LogP contribution in [0.25, 0.3) is 10.8 Å². The van der Waals surface area contributed by atoms with Crippen LogP contribution in [0.4, 0.5) is 8.78 Å². The minimum Gasteiger partial charge on any atom is -0.508 e. The standard InChI is InChI=1S/C65H82F2N8O17/c1-7-8-9-23-91-50-28-45(66)40(26-46(50)67)15-13-36-12-14-39-25-41(17-16-38(39)24-36)58(84)68-47-29-49(80)63(92-32-42-11-10-22-75(42,5)6)72-62(88)54-55(81)33(2)30-74(54)65(90)52(35(4)77)70-61(87)53(57(83)56(82)37-18-20-43(78)21-19-37)71-60(86)48-27-44(79)31-73(48)64(89)51(34(3)76)69-59(47)85/h12,14,16-21,24-26,28,33-35,42,44,47-49,51-57,63,76-77,79-83H,7-11,22-23,27,29-32H2,1-6H3,(H5-,68,69,70,71,72,78,84,85,86,87,88)/p+1/t33-,34+,35+,42+,44+,47-,48-,49+,51-,52-,53-,54-,55-,56-,57-,63+/m0/s1. The molecule has 0 bridgehead atoms. The second kappa shape index (κ2) is 30.2. The third-order valence-corrected chi connectivity index (χ3v) is 17.6. The zero-order valence-electron chi connectivity index (χ0n) is 52.0. The summed E-state index contributed by atoms with van der Waals surface area (Å²) in [6, 6.07) is 3.94. The zero-order valence-corrected chi connectivity index (χ0v) is 52.0. The van der Waals surface area contributed by atoms with Gasteiger partial charge in [-0.15, -0.1) is 0 Å². The van der Waals surface area contributed by atoms with Crippen LogP contribution in [0.5, 0.6) is 11.5 Å². The van der Waals surface area contributed by atoms with Crippen molar-refractivity contribution in [2.45, 2.75) is 164 Å². The molecule has 0 aromatic heterocycles. The van der Waals surface area contributed by atoms with Gasteiger partial charge in [0.25, 0.3) is 5.91 Å². The van der Waals surface area contributed by atoms with Crippen molar-refractivity contribution in [3.8, 4) is 23.3 Å². The van der Waals surface area contributed by atoms with Gasteiger partial charge < -0.3 is 91.2 Å². The molecule has 4 aliphatic rings. The van der Waals surface area contributed by atoms with E-state index in [1.165, 1.54) is 31.2 Å². The summed E-state index contributed by atoms with van der Waals surface area (Å²) in [5, 5.41) is 104. The average molecular weight is 1290 g/mol. The lowest BCUT2D eigenvalue weighted by Gasteiger charge is -2.35. The Hall–Kier alpha value is -7.91. The molecule has 4 aliphatic heterocycles. The van der Waals surface area contributed by atoms with Crippen LogP contribution >= 0.6 is 0 Å². The fraction of sp³-hybridized carbons (Fsp3) is 0.523. The number of ether oxygens (including phenoxy) is 2. The van der Waals surface area contributed by atoms with Gasteiger partial charge in [0, 0.05) is 61.9 Å². The molecule has 0 radical (unpaired) electrons. The fourth-order valence-electron chi connectivity index (χ4n) is 12.0. The number of nitrogens with one attached hydrogen (secondary N) is 5. The molecule has 8 rings (SSSR count). The molecule has 4 heterocycles. The predicted octanol–water partition coefficient (Wildman–Crippen LogP) is -0.167. The van der Waals surface area contributed by atoms with E-state index in [4.69, 9.17) is 9.47 Å². The SMILES string of the molecule is CCCCCOc1cc(F)c(C#Cc2ccc3cc(C(=O)N[C@H]4C[C@@H](O)[C@@H](OC[C@H]5CCC[N+]5(C)C)NC(=O)[C@@H]5[C@@H](O)[C@@H](C)CN5C(=O)[C@H]([C@@H](C)O)NC(=O)[C@H]([C@H](O)[C@@H](O)c5ccc(O)cc5)NC(=O)[C@@H]5C[C@@H](O)CN5C(=O)[C@H]([C@@H](C)O)NC4=O)ccc3c2)cc1F. The fourth-order valence-corrected chi connectivity index (χ4v) is 12.0. The van der Waals surface area contributed by atoms with Gasteiger partial charge in [0.2, 0.25) is 35.4 Å². The molecule has 0 aliphatic carbocycles. The van der Waals surface area contributed by atoms with E-state index in [0.29, 0.717) is 33.7 Å². The van der Waals surface area contributed by atoms with E-state index < -0.39 is 163 Å². The van der Waals surface area contributed by atoms with Crippen LogP contribution in [0.2, 0.25) is 0 Å². The van der Waals surface area contributed by atoms with Crippen LogP contribution < -0.4 is 31.3 Å². The number of likely N-dealkylation sites (tertiary alicyclic amines) is 1. The van der Waals surface area contributed by atoms with Gasteiger partial charge in [-0.25, -0.2) is 8.78 Å². The van der Waals surface area contributed by atoms with Crippen LogP contribution in [0.15, 0.2) is 72.8 Å². The number of carbonyl (C=O) groups is 7. The topological polar surface area (TPSA) is 366 Å². The third kappa shape index (κ3) is 16.5. The number of phenolic OH excluding ortho intramolecular Hbond substituents is 1. The highest BCUT2D eigenvalue weighted by Crippen LogP contribution is 2.30. The maximum atomic E-state index is 15.1. The van der Waals surface area contributed by atoms with Gasteiger partial charge in [-0.05, 0) is 79.1 Å². The van der Waals surface area contributed by atoms with Gasteiger partial charge in [0.05, 0.1) is 57.2 Å². The van der Waals surface area contributed by atoms with Crippen molar-refractivity contribution in [3.63, 3.8) is 0 Å². The van der Waals surface area contributed by atoms with Crippen LogP contribution in [-0.2, 0) is 33.5 Å². The summed E-state index contributed by atoms with van der Waals surface area (Å²) in [7, 11) is 3.91. The molecule has 4 aromatic rings. The maximum Gasteiger partial charge on any atom is 0.251 e. The second-order valence-electron chi connectivity index (χ2n) is 25.0. The largest absolute Gasteiger partial charge is 0.508 e. The number of quaternary nitrogens is 1. The van der Waals surface area contributed by atoms with Gasteiger partial charge in [0.15, 0.2) is 17.8 Å². The lowest BCUT2D eigenvalue weighted by atomic mass is 9.96. The molecule has 25 nitrogen and oxygen atoms in total. The Balaban J connectivity index is 1.15. The number of fused-ring (bicyclic) bond motifs is 3. The first kappa shape index (κ1) is 70.0. The molecule has 92 heavy (non-hydrogen) atoms. The number of carbonyl (C=O) groups excluding carboxylic acids is 7. The minimum atomic E-state index is -2.31. The van der Waals surface area contributed by atoms with Crippen molar-refractivity contribution in [1.29, 1.82) is 0 Å². The molecule has 27 heteroatoms. The lowest BCUT2D eigenvalue weighted by molar-refractivity contribution is -0.902. The maximum absolute atomic E-state index is 15.1. The quantitative estimate of drug-likeness (QED) is 0.0418. The predicted molar refractivity (Wildman–Crippen MR) is 326 cm³/mol. The number of likely N-dealkylation sites (N-methyl/N-ethyl adjacent to an activating group) is 1. The first-order chi connectivity index (χ1) is 43.6. The van der Waals surface area contributed by atoms with Crippen LogP contribution in [-0.4, -0.2) is 229 Å². The number of aliphatic hydroxyl groups is 7. The molecule has 0 spiro atoms. The lowest BCUT2D eigenvalue weighted by Crippen LogP contribution is -2.64. The number of rotatable bonds is 15. The van der Waals surface area contributed by atoms with Gasteiger partial charge >= 0.3 is 0 Å². The minimum absolute atomic E-state index is 0.0440. The number of benzene rings is 4. The van der Waals surface area contributed by atoms with Crippen LogP contribution in [0.3, 0.4) is 0 Å². The Labute approximate surface area is 530 Å². The first-order valence-corrected chi connectivity index (χ1v) is 30.9. The second-order valence-corrected chi connectivity index (χ2v) is 25.0. The molecule has 498 valence electrons. The molecular formula is C65H83F2N8O17+. The molecule has 4 saturated heterocycles. The van der Waals surface area contributed by atoms with E-state index in [9.17, 15) is 78.8 Å². The molecule has 13 N–H and O–H groups in total. The summed E-state index contributed by atoms with van der Waals surface area (Å²) >= 11 is 0. The van der Waals surface area contributed by atoms with Crippen LogP contribution in [0, 0.1) is 29.4 Å². The van der Waals surface area contributed by atoms with Gasteiger partial charge in [0.1, 0.15) is 78.8 Å². The normalized spacial score (nSPS) is 28.0. The number of aliphatic hydroxyl groups excluding tert-OH is 7. The molecule has 4 fully saturated rings. The van der Waals surface area contributed by atoms with Crippen molar-refractivity contribution in [1.82, 2.24) is 36.4 Å². The Bertz CT molecular complexity index is 3420. The molecule has 7 amide bonds. The highest BCUT2D eigenvalue weighted by molar-refractivity contribution is 6.02.